The number of rotatable bonds is 7. The lowest BCUT2D eigenvalue weighted by molar-refractivity contribution is 0.407. The molecule has 0 aromatic rings. The minimum atomic E-state index is 0.307. The van der Waals surface area contributed by atoms with Gasteiger partial charge in [-0.15, -0.1) is 0 Å². The summed E-state index contributed by atoms with van der Waals surface area (Å²) in [6.45, 7) is 8.97. The molecule has 0 saturated carbocycles. The van der Waals surface area contributed by atoms with E-state index in [0.29, 0.717) is 11.6 Å². The minimum Gasteiger partial charge on any atom is -0.359 e. The summed E-state index contributed by atoms with van der Waals surface area (Å²) in [6, 6.07) is 0.452. The number of nitrogens with zero attached hydrogens (tertiary/aromatic N) is 1. The molecule has 4 heteroatoms. The Labute approximate surface area is 115 Å². The molecule has 0 aliphatic carbocycles. The van der Waals surface area contributed by atoms with Crippen LogP contribution in [0.3, 0.4) is 0 Å². The topological polar surface area (TPSA) is 24.4 Å². The quantitative estimate of drug-likeness (QED) is 0.715. The molecule has 1 saturated heterocycles. The van der Waals surface area contributed by atoms with Crippen LogP contribution in [0, 0.1) is 0 Å². The molecule has 0 aromatic carbocycles. The van der Waals surface area contributed by atoms with Crippen LogP contribution >= 0.6 is 23.5 Å². The predicted molar refractivity (Wildman–Crippen MR) is 83.4 cm³/mol. The van der Waals surface area contributed by atoms with E-state index in [9.17, 15) is 0 Å². The van der Waals surface area contributed by atoms with Crippen LogP contribution in [0.5, 0.6) is 0 Å². The predicted octanol–water partition coefficient (Wildman–Crippen LogP) is 3.77. The summed E-state index contributed by atoms with van der Waals surface area (Å²) in [5.41, 5.74) is 0.307. The van der Waals surface area contributed by atoms with Gasteiger partial charge in [-0.1, -0.05) is 32.5 Å². The molecular formula is C13H26N2S2. The highest BCUT2D eigenvalue weighted by molar-refractivity contribution is 8.14. The second-order valence-corrected chi connectivity index (χ2v) is 7.03. The third-order valence-corrected chi connectivity index (χ3v) is 5.54. The Morgan fingerprint density at radius 3 is 2.65 bits per heavy atom. The van der Waals surface area contributed by atoms with Gasteiger partial charge in [0.25, 0.3) is 0 Å². The summed E-state index contributed by atoms with van der Waals surface area (Å²) in [7, 11) is 0. The molecule has 0 radical (unpaired) electrons. The first-order chi connectivity index (χ1) is 8.15. The van der Waals surface area contributed by atoms with Gasteiger partial charge in [0.05, 0.1) is 6.04 Å². The zero-order valence-corrected chi connectivity index (χ0v) is 13.2. The molecule has 100 valence electrons. The van der Waals surface area contributed by atoms with Crippen molar-refractivity contribution in [3.63, 3.8) is 0 Å². The monoisotopic (exact) mass is 274 g/mol. The van der Waals surface area contributed by atoms with E-state index in [1.807, 2.05) is 23.5 Å². The van der Waals surface area contributed by atoms with Gasteiger partial charge in [-0.3, -0.25) is 4.99 Å². The van der Waals surface area contributed by atoms with E-state index in [1.54, 1.807) is 0 Å². The van der Waals surface area contributed by atoms with Crippen LogP contribution in [0.4, 0.5) is 0 Å². The lowest BCUT2D eigenvalue weighted by Crippen LogP contribution is -2.42. The Hall–Kier alpha value is 0.170. The Balaban J connectivity index is 2.41. The van der Waals surface area contributed by atoms with Crippen LogP contribution in [0.2, 0.25) is 0 Å². The molecule has 1 heterocycles. The van der Waals surface area contributed by atoms with Gasteiger partial charge in [-0.25, -0.2) is 0 Å². The zero-order chi connectivity index (χ0) is 12.7. The Kier molecular flexibility index (Phi) is 6.78. The fraction of sp³-hybridized carbons (Fsp3) is 0.923. The summed E-state index contributed by atoms with van der Waals surface area (Å²) < 4.78 is 0. The zero-order valence-electron chi connectivity index (χ0n) is 11.6. The van der Waals surface area contributed by atoms with Crippen molar-refractivity contribution in [1.82, 2.24) is 5.32 Å². The number of hydrogen-bond donors (Lipinski definition) is 1. The lowest BCUT2D eigenvalue weighted by atomic mass is 9.96. The van der Waals surface area contributed by atoms with Crippen molar-refractivity contribution in [2.75, 3.05) is 17.3 Å². The van der Waals surface area contributed by atoms with Gasteiger partial charge in [0.15, 0.2) is 5.17 Å². The van der Waals surface area contributed by atoms with E-state index in [-0.39, 0.29) is 0 Å². The second-order valence-electron chi connectivity index (χ2n) is 4.67. The summed E-state index contributed by atoms with van der Waals surface area (Å²) >= 11 is 3.90. The first kappa shape index (κ1) is 15.2. The number of aliphatic imine (C=N–C) groups is 1. The second kappa shape index (κ2) is 7.57. The molecule has 2 nitrogen and oxygen atoms in total. The van der Waals surface area contributed by atoms with Crippen molar-refractivity contribution >= 4 is 28.7 Å². The first-order valence-electron chi connectivity index (χ1n) is 6.72. The SMILES string of the molecule is CCSCCC(C)N=C1NC(CC)(CC)CS1. The molecule has 0 bridgehead atoms. The van der Waals surface area contributed by atoms with Crippen molar-refractivity contribution in [1.29, 1.82) is 0 Å². The Bertz CT molecular complexity index is 250. The molecule has 1 N–H and O–H groups in total. The molecule has 1 rings (SSSR count). The van der Waals surface area contributed by atoms with E-state index in [0.717, 1.165) is 0 Å². The number of hydrogen-bond acceptors (Lipinski definition) is 3. The molecule has 1 aliphatic heterocycles. The molecule has 1 aliphatic rings. The smallest absolute Gasteiger partial charge is 0.157 e. The third kappa shape index (κ3) is 4.74. The standard InChI is InChI=1S/C13H26N2S2/c1-5-13(6-2)10-17-12(15-13)14-11(4)8-9-16-7-3/h11H,5-10H2,1-4H3,(H,14,15). The van der Waals surface area contributed by atoms with Crippen molar-refractivity contribution in [3.05, 3.63) is 0 Å². The number of amidine groups is 1. The largest absolute Gasteiger partial charge is 0.359 e. The maximum absolute atomic E-state index is 4.79. The van der Waals surface area contributed by atoms with Gasteiger partial charge >= 0.3 is 0 Å². The highest BCUT2D eigenvalue weighted by Gasteiger charge is 2.33. The minimum absolute atomic E-state index is 0.307. The van der Waals surface area contributed by atoms with Gasteiger partial charge in [-0.05, 0) is 37.7 Å². The van der Waals surface area contributed by atoms with Gasteiger partial charge in [0.2, 0.25) is 0 Å². The highest BCUT2D eigenvalue weighted by atomic mass is 32.2. The average Bonchev–Trinajstić information content (AvgIpc) is 2.73. The normalized spacial score (nSPS) is 22.7. The van der Waals surface area contributed by atoms with Gasteiger partial charge in [0, 0.05) is 11.3 Å². The maximum atomic E-state index is 4.79. The van der Waals surface area contributed by atoms with Crippen molar-refractivity contribution in [2.45, 2.75) is 58.5 Å². The van der Waals surface area contributed by atoms with Crippen molar-refractivity contribution in [3.8, 4) is 0 Å². The number of nitrogens with one attached hydrogen (secondary N) is 1. The summed E-state index contributed by atoms with van der Waals surface area (Å²) in [5, 5.41) is 4.80. The van der Waals surface area contributed by atoms with E-state index in [2.05, 4.69) is 33.0 Å². The van der Waals surface area contributed by atoms with E-state index in [1.165, 1.54) is 41.7 Å². The van der Waals surface area contributed by atoms with Crippen molar-refractivity contribution < 1.29 is 0 Å². The van der Waals surface area contributed by atoms with Crippen LogP contribution in [0.15, 0.2) is 4.99 Å². The van der Waals surface area contributed by atoms with Crippen LogP contribution in [0.25, 0.3) is 0 Å². The Morgan fingerprint density at radius 1 is 1.41 bits per heavy atom. The summed E-state index contributed by atoms with van der Waals surface area (Å²) in [6.07, 6.45) is 3.57. The molecule has 1 unspecified atom stereocenters. The molecular weight excluding hydrogens is 248 g/mol. The fourth-order valence-electron chi connectivity index (χ4n) is 1.87. The lowest BCUT2D eigenvalue weighted by Gasteiger charge is -2.25. The van der Waals surface area contributed by atoms with Crippen LogP contribution in [0.1, 0.15) is 47.0 Å². The van der Waals surface area contributed by atoms with Gasteiger partial charge in [0.1, 0.15) is 0 Å². The van der Waals surface area contributed by atoms with E-state index < -0.39 is 0 Å². The van der Waals surface area contributed by atoms with Crippen LogP contribution in [-0.2, 0) is 0 Å². The van der Waals surface area contributed by atoms with E-state index >= 15 is 0 Å². The molecule has 0 amide bonds. The van der Waals surface area contributed by atoms with Gasteiger partial charge in [-0.2, -0.15) is 11.8 Å². The first-order valence-corrected chi connectivity index (χ1v) is 8.86. The summed E-state index contributed by atoms with van der Waals surface area (Å²) in [4.78, 5) is 4.79. The molecule has 17 heavy (non-hydrogen) atoms. The van der Waals surface area contributed by atoms with Crippen molar-refractivity contribution in [2.24, 2.45) is 4.99 Å². The highest BCUT2D eigenvalue weighted by Crippen LogP contribution is 2.29. The van der Waals surface area contributed by atoms with Gasteiger partial charge < -0.3 is 5.32 Å². The molecule has 1 fully saturated rings. The molecule has 1 atom stereocenters. The van der Waals surface area contributed by atoms with E-state index in [4.69, 9.17) is 4.99 Å². The summed E-state index contributed by atoms with van der Waals surface area (Å²) in [5.74, 6) is 3.62. The van der Waals surface area contributed by atoms with Crippen LogP contribution in [-0.4, -0.2) is 34.0 Å². The fourth-order valence-corrected chi connectivity index (χ4v) is 4.10. The Morgan fingerprint density at radius 2 is 2.12 bits per heavy atom. The third-order valence-electron chi connectivity index (χ3n) is 3.43. The maximum Gasteiger partial charge on any atom is 0.157 e. The van der Waals surface area contributed by atoms with Crippen LogP contribution < -0.4 is 5.32 Å². The molecule has 0 spiro atoms. The number of thioether (sulfide) groups is 2. The molecule has 0 aromatic heterocycles. The average molecular weight is 274 g/mol.